The highest BCUT2D eigenvalue weighted by atomic mass is 32.1. The maximum Gasteiger partial charge on any atom is 0.314 e. The van der Waals surface area contributed by atoms with Crippen LogP contribution < -0.4 is 10.6 Å². The highest BCUT2D eigenvalue weighted by molar-refractivity contribution is 7.13. The molecule has 2 heterocycles. The fourth-order valence-corrected chi connectivity index (χ4v) is 2.19. The molecule has 0 radical (unpaired) electrons. The molecule has 76 valence electrons. The molecule has 6 heteroatoms. The highest BCUT2D eigenvalue weighted by Gasteiger charge is 2.20. The van der Waals surface area contributed by atoms with E-state index in [1.54, 1.807) is 22.4 Å². The average Bonchev–Trinajstić information content (AvgIpc) is 2.71. The van der Waals surface area contributed by atoms with Crippen LogP contribution in [0.3, 0.4) is 0 Å². The van der Waals surface area contributed by atoms with E-state index in [9.17, 15) is 4.79 Å². The van der Waals surface area contributed by atoms with Crippen LogP contribution in [-0.2, 0) is 0 Å². The van der Waals surface area contributed by atoms with E-state index in [-0.39, 0.29) is 6.03 Å². The number of aromatic nitrogens is 1. The molecular weight excluding hydrogens is 200 g/mol. The van der Waals surface area contributed by atoms with Gasteiger partial charge in [0, 0.05) is 37.8 Å². The lowest BCUT2D eigenvalue weighted by atomic mass is 10.3. The monoisotopic (exact) mass is 212 g/mol. The van der Waals surface area contributed by atoms with Crippen LogP contribution in [0.5, 0.6) is 0 Å². The third kappa shape index (κ3) is 1.79. The molecule has 1 aliphatic rings. The number of urea groups is 1. The molecule has 1 saturated heterocycles. The summed E-state index contributed by atoms with van der Waals surface area (Å²) in [6.45, 7) is 3.01. The number of amides is 2. The lowest BCUT2D eigenvalue weighted by Crippen LogP contribution is -2.50. The Morgan fingerprint density at radius 2 is 2.14 bits per heavy atom. The van der Waals surface area contributed by atoms with Crippen LogP contribution in [0, 0.1) is 0 Å². The number of thiazole rings is 1. The fraction of sp³-hybridized carbons (Fsp3) is 0.500. The van der Waals surface area contributed by atoms with E-state index in [0.717, 1.165) is 18.2 Å². The summed E-state index contributed by atoms with van der Waals surface area (Å²) >= 11 is 1.62. The van der Waals surface area contributed by atoms with E-state index in [2.05, 4.69) is 9.88 Å². The quantitative estimate of drug-likeness (QED) is 0.730. The Balaban J connectivity index is 1.93. The number of piperazine rings is 1. The molecule has 14 heavy (non-hydrogen) atoms. The van der Waals surface area contributed by atoms with Crippen molar-refractivity contribution in [1.82, 2.24) is 9.88 Å². The van der Waals surface area contributed by atoms with Crippen molar-refractivity contribution in [3.63, 3.8) is 0 Å². The first-order valence-corrected chi connectivity index (χ1v) is 5.34. The molecule has 0 aliphatic carbocycles. The molecule has 1 aromatic heterocycles. The molecule has 2 amide bonds. The number of nitrogens with zero attached hydrogens (tertiary/aromatic N) is 3. The van der Waals surface area contributed by atoms with Gasteiger partial charge in [-0.3, -0.25) is 0 Å². The first-order valence-electron chi connectivity index (χ1n) is 4.46. The molecule has 0 atom stereocenters. The van der Waals surface area contributed by atoms with Crippen LogP contribution >= 0.6 is 11.3 Å². The zero-order chi connectivity index (χ0) is 9.97. The molecule has 1 aromatic rings. The van der Waals surface area contributed by atoms with Gasteiger partial charge in [-0.1, -0.05) is 0 Å². The summed E-state index contributed by atoms with van der Waals surface area (Å²) in [6.07, 6.45) is 1.79. The molecule has 0 aromatic carbocycles. The third-order valence-electron chi connectivity index (χ3n) is 2.28. The van der Waals surface area contributed by atoms with Gasteiger partial charge in [0.15, 0.2) is 5.13 Å². The van der Waals surface area contributed by atoms with E-state index in [4.69, 9.17) is 5.73 Å². The fourth-order valence-electron chi connectivity index (χ4n) is 1.49. The van der Waals surface area contributed by atoms with Crippen molar-refractivity contribution >= 4 is 22.5 Å². The van der Waals surface area contributed by atoms with Gasteiger partial charge in [0.25, 0.3) is 0 Å². The van der Waals surface area contributed by atoms with Gasteiger partial charge in [-0.2, -0.15) is 0 Å². The minimum absolute atomic E-state index is 0.330. The Kier molecular flexibility index (Phi) is 2.53. The van der Waals surface area contributed by atoms with E-state index in [0.29, 0.717) is 13.1 Å². The lowest BCUT2D eigenvalue weighted by Gasteiger charge is -2.33. The van der Waals surface area contributed by atoms with Gasteiger partial charge in [-0.25, -0.2) is 9.78 Å². The summed E-state index contributed by atoms with van der Waals surface area (Å²) in [5.41, 5.74) is 5.19. The second-order valence-electron chi connectivity index (χ2n) is 3.13. The zero-order valence-corrected chi connectivity index (χ0v) is 8.54. The predicted octanol–water partition coefficient (Wildman–Crippen LogP) is 0.344. The van der Waals surface area contributed by atoms with Gasteiger partial charge in [-0.05, 0) is 0 Å². The molecule has 0 bridgehead atoms. The average molecular weight is 212 g/mol. The largest absolute Gasteiger partial charge is 0.351 e. The number of hydrogen-bond acceptors (Lipinski definition) is 4. The molecule has 1 fully saturated rings. The minimum atomic E-state index is -0.330. The van der Waals surface area contributed by atoms with Crippen molar-refractivity contribution in [3.05, 3.63) is 11.6 Å². The molecule has 5 nitrogen and oxygen atoms in total. The summed E-state index contributed by atoms with van der Waals surface area (Å²) < 4.78 is 0. The van der Waals surface area contributed by atoms with Crippen LogP contribution in [0.25, 0.3) is 0 Å². The van der Waals surface area contributed by atoms with Crippen molar-refractivity contribution in [2.75, 3.05) is 31.1 Å². The highest BCUT2D eigenvalue weighted by Crippen LogP contribution is 2.18. The normalized spacial score (nSPS) is 17.1. The number of carbonyl (C=O) groups is 1. The van der Waals surface area contributed by atoms with Crippen LogP contribution in [0.4, 0.5) is 9.93 Å². The van der Waals surface area contributed by atoms with Gasteiger partial charge in [0.05, 0.1) is 0 Å². The molecule has 2 N–H and O–H groups in total. The summed E-state index contributed by atoms with van der Waals surface area (Å²) in [6, 6.07) is -0.330. The second-order valence-corrected chi connectivity index (χ2v) is 4.00. The van der Waals surface area contributed by atoms with Crippen molar-refractivity contribution in [2.24, 2.45) is 5.73 Å². The van der Waals surface area contributed by atoms with E-state index in [1.165, 1.54) is 0 Å². The van der Waals surface area contributed by atoms with Crippen LogP contribution in [0.1, 0.15) is 0 Å². The maximum absolute atomic E-state index is 10.9. The minimum Gasteiger partial charge on any atom is -0.351 e. The molecule has 1 aliphatic heterocycles. The lowest BCUT2D eigenvalue weighted by molar-refractivity contribution is 0.204. The Hall–Kier alpha value is -1.30. The number of rotatable bonds is 1. The van der Waals surface area contributed by atoms with Gasteiger partial charge in [0.1, 0.15) is 0 Å². The topological polar surface area (TPSA) is 62.5 Å². The van der Waals surface area contributed by atoms with E-state index < -0.39 is 0 Å². The number of primary amides is 1. The number of nitrogens with two attached hydrogens (primary N) is 1. The Labute approximate surface area is 86.1 Å². The van der Waals surface area contributed by atoms with Crippen molar-refractivity contribution in [1.29, 1.82) is 0 Å². The second kappa shape index (κ2) is 3.83. The standard InChI is InChI=1S/C8H12N4OS/c9-7(13)11-2-4-12(5-3-11)8-10-1-6-14-8/h1,6H,2-5H2,(H2,9,13). The summed E-state index contributed by atoms with van der Waals surface area (Å²) in [5, 5.41) is 2.98. The maximum atomic E-state index is 10.9. The van der Waals surface area contributed by atoms with E-state index in [1.807, 2.05) is 5.38 Å². The SMILES string of the molecule is NC(=O)N1CCN(c2nccs2)CC1. The van der Waals surface area contributed by atoms with Crippen molar-refractivity contribution in [3.8, 4) is 0 Å². The third-order valence-corrected chi connectivity index (χ3v) is 3.11. The van der Waals surface area contributed by atoms with Gasteiger partial charge < -0.3 is 15.5 Å². The van der Waals surface area contributed by atoms with Gasteiger partial charge in [0.2, 0.25) is 0 Å². The first kappa shape index (κ1) is 9.26. The molecule has 0 saturated carbocycles. The van der Waals surface area contributed by atoms with Gasteiger partial charge >= 0.3 is 6.03 Å². The van der Waals surface area contributed by atoms with Crippen molar-refractivity contribution in [2.45, 2.75) is 0 Å². The van der Waals surface area contributed by atoms with Crippen LogP contribution in [0.15, 0.2) is 11.6 Å². The van der Waals surface area contributed by atoms with Crippen LogP contribution in [0.2, 0.25) is 0 Å². The first-order chi connectivity index (χ1) is 6.77. The Morgan fingerprint density at radius 3 is 2.64 bits per heavy atom. The summed E-state index contributed by atoms with van der Waals surface area (Å²) in [5.74, 6) is 0. The van der Waals surface area contributed by atoms with E-state index >= 15 is 0 Å². The zero-order valence-electron chi connectivity index (χ0n) is 7.72. The Bertz CT molecular complexity index is 305. The van der Waals surface area contributed by atoms with Gasteiger partial charge in [-0.15, -0.1) is 11.3 Å². The number of anilines is 1. The number of carbonyl (C=O) groups excluding carboxylic acids is 1. The smallest absolute Gasteiger partial charge is 0.314 e. The van der Waals surface area contributed by atoms with Crippen molar-refractivity contribution < 1.29 is 4.79 Å². The molecule has 2 rings (SSSR count). The summed E-state index contributed by atoms with van der Waals surface area (Å²) in [7, 11) is 0. The molecule has 0 unspecified atom stereocenters. The summed E-state index contributed by atoms with van der Waals surface area (Å²) in [4.78, 5) is 18.9. The Morgan fingerprint density at radius 1 is 1.43 bits per heavy atom. The van der Waals surface area contributed by atoms with Crippen LogP contribution in [-0.4, -0.2) is 42.1 Å². The molecular formula is C8H12N4OS. The predicted molar refractivity (Wildman–Crippen MR) is 55.5 cm³/mol. The number of hydrogen-bond donors (Lipinski definition) is 1. The molecule has 0 spiro atoms.